The molecular weight excluding hydrogens is 372 g/mol. The molecule has 3 rings (SSSR count). The summed E-state index contributed by atoms with van der Waals surface area (Å²) >= 11 is 0. The van der Waals surface area contributed by atoms with Gasteiger partial charge >= 0.3 is 0 Å². The van der Waals surface area contributed by atoms with Crippen LogP contribution in [0.3, 0.4) is 0 Å². The smallest absolute Gasteiger partial charge is 0.261 e. The lowest BCUT2D eigenvalue weighted by Gasteiger charge is -2.33. The minimum atomic E-state index is -0.139. The third kappa shape index (κ3) is 4.62. The number of amides is 2. The van der Waals surface area contributed by atoms with Crippen LogP contribution in [0.5, 0.6) is 17.2 Å². The Hall–Kier alpha value is -3.22. The quantitative estimate of drug-likeness (QED) is 0.810. The molecular formula is C22H26N2O5. The van der Waals surface area contributed by atoms with Crippen LogP contribution in [-0.2, 0) is 0 Å². The first-order valence-electron chi connectivity index (χ1n) is 9.52. The average Bonchev–Trinajstić information content (AvgIpc) is 2.78. The molecule has 0 bridgehead atoms. The Morgan fingerprint density at radius 2 is 1.55 bits per heavy atom. The van der Waals surface area contributed by atoms with Gasteiger partial charge in [0, 0.05) is 24.7 Å². The third-order valence-corrected chi connectivity index (χ3v) is 5.09. The Morgan fingerprint density at radius 3 is 2.14 bits per heavy atom. The van der Waals surface area contributed by atoms with E-state index in [0.717, 1.165) is 0 Å². The fourth-order valence-corrected chi connectivity index (χ4v) is 3.48. The van der Waals surface area contributed by atoms with Crippen LogP contribution in [0.1, 0.15) is 33.6 Å². The summed E-state index contributed by atoms with van der Waals surface area (Å²) in [5.41, 5.74) is 0.984. The molecule has 1 heterocycles. The minimum absolute atomic E-state index is 0.0114. The summed E-state index contributed by atoms with van der Waals surface area (Å²) in [6.45, 7) is 1.09. The zero-order valence-corrected chi connectivity index (χ0v) is 16.9. The van der Waals surface area contributed by atoms with E-state index < -0.39 is 0 Å². The van der Waals surface area contributed by atoms with Crippen LogP contribution in [0.15, 0.2) is 42.5 Å². The number of benzene rings is 2. The largest absolute Gasteiger partial charge is 0.497 e. The van der Waals surface area contributed by atoms with Crippen molar-refractivity contribution in [3.05, 3.63) is 53.6 Å². The van der Waals surface area contributed by atoms with Gasteiger partial charge in [-0.15, -0.1) is 0 Å². The predicted octanol–water partition coefficient (Wildman–Crippen LogP) is 2.75. The number of hydrogen-bond acceptors (Lipinski definition) is 5. The van der Waals surface area contributed by atoms with Gasteiger partial charge in [-0.05, 0) is 43.2 Å². The second-order valence-corrected chi connectivity index (χ2v) is 6.81. The first kappa shape index (κ1) is 20.5. The van der Waals surface area contributed by atoms with E-state index >= 15 is 0 Å². The number of likely N-dealkylation sites (tertiary alicyclic amines) is 1. The van der Waals surface area contributed by atoms with E-state index in [1.54, 1.807) is 54.5 Å². The van der Waals surface area contributed by atoms with Crippen LogP contribution in [-0.4, -0.2) is 57.2 Å². The number of nitrogens with zero attached hydrogens (tertiary/aromatic N) is 1. The first-order valence-corrected chi connectivity index (χ1v) is 9.52. The van der Waals surface area contributed by atoms with Crippen molar-refractivity contribution in [2.24, 2.45) is 0 Å². The SMILES string of the molecule is COc1cccc(C(=O)NC2CCN(C(=O)c3c(OC)cccc3OC)CC2)c1. The fraction of sp³-hybridized carbons (Fsp3) is 0.364. The Morgan fingerprint density at radius 1 is 0.931 bits per heavy atom. The minimum Gasteiger partial charge on any atom is -0.497 e. The van der Waals surface area contributed by atoms with E-state index in [2.05, 4.69) is 5.32 Å². The number of ether oxygens (including phenoxy) is 3. The topological polar surface area (TPSA) is 77.1 Å². The van der Waals surface area contributed by atoms with Crippen LogP contribution >= 0.6 is 0 Å². The highest BCUT2D eigenvalue weighted by Crippen LogP contribution is 2.30. The molecule has 2 amide bonds. The van der Waals surface area contributed by atoms with Crippen molar-refractivity contribution in [1.29, 1.82) is 0 Å². The molecule has 1 N–H and O–H groups in total. The van der Waals surface area contributed by atoms with Gasteiger partial charge < -0.3 is 24.4 Å². The van der Waals surface area contributed by atoms with Crippen LogP contribution in [0.2, 0.25) is 0 Å². The summed E-state index contributed by atoms with van der Waals surface area (Å²) < 4.78 is 15.9. The molecule has 0 aromatic heterocycles. The van der Waals surface area contributed by atoms with E-state index in [9.17, 15) is 9.59 Å². The van der Waals surface area contributed by atoms with Gasteiger partial charge in [-0.25, -0.2) is 0 Å². The summed E-state index contributed by atoms with van der Waals surface area (Å²) in [7, 11) is 4.64. The van der Waals surface area contributed by atoms with E-state index in [4.69, 9.17) is 14.2 Å². The molecule has 0 radical (unpaired) electrons. The third-order valence-electron chi connectivity index (χ3n) is 5.09. The Kier molecular flexibility index (Phi) is 6.59. The van der Waals surface area contributed by atoms with Gasteiger partial charge in [0.2, 0.25) is 0 Å². The number of rotatable bonds is 6. The molecule has 7 heteroatoms. The molecule has 0 atom stereocenters. The number of nitrogens with one attached hydrogen (secondary N) is 1. The summed E-state index contributed by atoms with van der Waals surface area (Å²) in [5, 5.41) is 3.05. The molecule has 154 valence electrons. The molecule has 1 fully saturated rings. The van der Waals surface area contributed by atoms with Crippen LogP contribution in [0.25, 0.3) is 0 Å². The van der Waals surface area contributed by atoms with Crippen LogP contribution < -0.4 is 19.5 Å². The first-order chi connectivity index (χ1) is 14.1. The number of hydrogen-bond donors (Lipinski definition) is 1. The van der Waals surface area contributed by atoms with Crippen LogP contribution in [0, 0.1) is 0 Å². The molecule has 2 aromatic rings. The standard InChI is InChI=1S/C22H26N2O5/c1-27-17-7-4-6-15(14-17)21(25)23-16-10-12-24(13-11-16)22(26)20-18(28-2)8-5-9-19(20)29-3/h4-9,14,16H,10-13H2,1-3H3,(H,23,25). The second kappa shape index (κ2) is 9.32. The average molecular weight is 398 g/mol. The lowest BCUT2D eigenvalue weighted by Crippen LogP contribution is -2.46. The van der Waals surface area contributed by atoms with E-state index in [1.807, 2.05) is 0 Å². The van der Waals surface area contributed by atoms with Gasteiger partial charge in [-0.1, -0.05) is 12.1 Å². The maximum absolute atomic E-state index is 13.0. The van der Waals surface area contributed by atoms with Gasteiger partial charge in [-0.2, -0.15) is 0 Å². The van der Waals surface area contributed by atoms with Gasteiger partial charge in [0.1, 0.15) is 22.8 Å². The monoisotopic (exact) mass is 398 g/mol. The maximum atomic E-state index is 13.0. The highest BCUT2D eigenvalue weighted by atomic mass is 16.5. The van der Waals surface area contributed by atoms with E-state index in [1.165, 1.54) is 14.2 Å². The molecule has 0 aliphatic carbocycles. The van der Waals surface area contributed by atoms with Crippen molar-refractivity contribution in [2.45, 2.75) is 18.9 Å². The zero-order chi connectivity index (χ0) is 20.8. The van der Waals surface area contributed by atoms with Crippen molar-refractivity contribution >= 4 is 11.8 Å². The number of piperidine rings is 1. The Labute approximate surface area is 170 Å². The number of carbonyl (C=O) groups excluding carboxylic acids is 2. The highest BCUT2D eigenvalue weighted by Gasteiger charge is 2.28. The molecule has 1 aliphatic heterocycles. The predicted molar refractivity (Wildman–Crippen MR) is 109 cm³/mol. The molecule has 2 aromatic carbocycles. The molecule has 0 saturated carbocycles. The molecule has 29 heavy (non-hydrogen) atoms. The van der Waals surface area contributed by atoms with E-state index in [0.29, 0.717) is 54.3 Å². The highest BCUT2D eigenvalue weighted by molar-refractivity contribution is 6.00. The normalized spacial score (nSPS) is 14.2. The van der Waals surface area contributed by atoms with Crippen molar-refractivity contribution < 1.29 is 23.8 Å². The Bertz CT molecular complexity index is 853. The van der Waals surface area contributed by atoms with Crippen molar-refractivity contribution in [3.8, 4) is 17.2 Å². The van der Waals surface area contributed by atoms with Gasteiger partial charge in [0.05, 0.1) is 21.3 Å². The molecule has 0 spiro atoms. The van der Waals surface area contributed by atoms with Crippen molar-refractivity contribution in [3.63, 3.8) is 0 Å². The van der Waals surface area contributed by atoms with E-state index in [-0.39, 0.29) is 17.9 Å². The molecule has 1 aliphatic rings. The Balaban J connectivity index is 1.62. The number of carbonyl (C=O) groups is 2. The molecule has 1 saturated heterocycles. The van der Waals surface area contributed by atoms with Crippen molar-refractivity contribution in [1.82, 2.24) is 10.2 Å². The fourth-order valence-electron chi connectivity index (χ4n) is 3.48. The summed E-state index contributed by atoms with van der Waals surface area (Å²) in [6, 6.07) is 12.3. The lowest BCUT2D eigenvalue weighted by atomic mass is 10.0. The van der Waals surface area contributed by atoms with Crippen molar-refractivity contribution in [2.75, 3.05) is 34.4 Å². The summed E-state index contributed by atoms with van der Waals surface area (Å²) in [4.78, 5) is 27.3. The van der Waals surface area contributed by atoms with Gasteiger partial charge in [0.25, 0.3) is 11.8 Å². The number of methoxy groups -OCH3 is 3. The van der Waals surface area contributed by atoms with Crippen LogP contribution in [0.4, 0.5) is 0 Å². The summed E-state index contributed by atoms with van der Waals surface area (Å²) in [6.07, 6.45) is 1.36. The molecule has 0 unspecified atom stereocenters. The lowest BCUT2D eigenvalue weighted by molar-refractivity contribution is 0.0691. The maximum Gasteiger partial charge on any atom is 0.261 e. The summed E-state index contributed by atoms with van der Waals surface area (Å²) in [5.74, 6) is 1.35. The van der Waals surface area contributed by atoms with Gasteiger partial charge in [-0.3, -0.25) is 9.59 Å². The zero-order valence-electron chi connectivity index (χ0n) is 16.9. The second-order valence-electron chi connectivity index (χ2n) is 6.81. The van der Waals surface area contributed by atoms with Gasteiger partial charge in [0.15, 0.2) is 0 Å². The molecule has 7 nitrogen and oxygen atoms in total.